The van der Waals surface area contributed by atoms with Crippen molar-refractivity contribution in [1.82, 2.24) is 34.9 Å². The third-order valence-corrected chi connectivity index (χ3v) is 8.74. The summed E-state index contributed by atoms with van der Waals surface area (Å²) in [5.41, 5.74) is 10.3. The number of aromatic nitrogens is 7. The fourth-order valence-electron chi connectivity index (χ4n) is 6.28. The summed E-state index contributed by atoms with van der Waals surface area (Å²) < 4.78 is 0. The quantitative estimate of drug-likeness (QED) is 0.167. The van der Waals surface area contributed by atoms with Crippen molar-refractivity contribution in [3.8, 4) is 67.8 Å². The van der Waals surface area contributed by atoms with Crippen molar-refractivity contribution in [3.63, 3.8) is 0 Å². The van der Waals surface area contributed by atoms with Crippen LogP contribution >= 0.6 is 0 Å². The molecule has 234 valence electrons. The Morgan fingerprint density at radius 2 is 0.980 bits per heavy atom. The fourth-order valence-corrected chi connectivity index (χ4v) is 6.28. The van der Waals surface area contributed by atoms with E-state index in [4.69, 9.17) is 15.0 Å². The van der Waals surface area contributed by atoms with Crippen molar-refractivity contribution < 1.29 is 0 Å². The molecule has 5 aromatic carbocycles. The van der Waals surface area contributed by atoms with E-state index in [-0.39, 0.29) is 0 Å². The number of rotatable bonds is 6. The van der Waals surface area contributed by atoms with Crippen molar-refractivity contribution in [2.45, 2.75) is 0 Å². The number of pyridine rings is 2. The van der Waals surface area contributed by atoms with Gasteiger partial charge in [-0.15, -0.1) is 0 Å². The average Bonchev–Trinajstić information content (AvgIpc) is 3.21. The van der Waals surface area contributed by atoms with Gasteiger partial charge >= 0.3 is 0 Å². The molecule has 4 heterocycles. The van der Waals surface area contributed by atoms with Gasteiger partial charge in [-0.1, -0.05) is 115 Å². The summed E-state index contributed by atoms with van der Waals surface area (Å²) in [6, 6.07) is 49.1. The number of hydrogen-bond donors (Lipinski definition) is 0. The lowest BCUT2D eigenvalue weighted by Crippen LogP contribution is -1.97. The van der Waals surface area contributed by atoms with Gasteiger partial charge in [0.15, 0.2) is 17.5 Å². The Labute approximate surface area is 288 Å². The molecule has 0 radical (unpaired) electrons. The Balaban J connectivity index is 1.09. The molecule has 7 heteroatoms. The fraction of sp³-hybridized carbons (Fsp3) is 0. The van der Waals surface area contributed by atoms with Gasteiger partial charge in [0.25, 0.3) is 0 Å². The predicted octanol–water partition coefficient (Wildman–Crippen LogP) is 9.76. The SMILES string of the molecule is c1ccc(-c2cc(-c3cccc(-c4cccc(-c5ncnc(-c6ccnc7c6ccc6cccnc67)n5)c4)c3)nc(-c3ccccc3)n2)cc1. The van der Waals surface area contributed by atoms with Crippen LogP contribution in [0.3, 0.4) is 0 Å². The van der Waals surface area contributed by atoms with Crippen molar-refractivity contribution in [2.75, 3.05) is 0 Å². The molecule has 0 atom stereocenters. The van der Waals surface area contributed by atoms with Gasteiger partial charge in [-0.3, -0.25) is 9.97 Å². The largest absolute Gasteiger partial charge is 0.254 e. The second-order valence-electron chi connectivity index (χ2n) is 11.9. The molecule has 50 heavy (non-hydrogen) atoms. The molecule has 4 aromatic heterocycles. The van der Waals surface area contributed by atoms with Crippen LogP contribution in [-0.4, -0.2) is 34.9 Å². The molecule has 0 saturated carbocycles. The van der Waals surface area contributed by atoms with E-state index >= 15 is 0 Å². The van der Waals surface area contributed by atoms with Gasteiger partial charge in [0.2, 0.25) is 0 Å². The number of nitrogens with zero attached hydrogens (tertiary/aromatic N) is 7. The summed E-state index contributed by atoms with van der Waals surface area (Å²) in [6.45, 7) is 0. The summed E-state index contributed by atoms with van der Waals surface area (Å²) in [4.78, 5) is 33.3. The topological polar surface area (TPSA) is 90.2 Å². The van der Waals surface area contributed by atoms with Crippen LogP contribution in [0.5, 0.6) is 0 Å². The van der Waals surface area contributed by atoms with Crippen molar-refractivity contribution >= 4 is 21.8 Å². The molecule has 0 aliphatic rings. The van der Waals surface area contributed by atoms with E-state index in [2.05, 4.69) is 86.7 Å². The molecule has 0 aliphatic carbocycles. The molecule has 0 spiro atoms. The van der Waals surface area contributed by atoms with E-state index in [1.807, 2.05) is 78.9 Å². The average molecular weight is 642 g/mol. The zero-order chi connectivity index (χ0) is 33.3. The van der Waals surface area contributed by atoms with Crippen LogP contribution in [0.15, 0.2) is 164 Å². The summed E-state index contributed by atoms with van der Waals surface area (Å²) in [7, 11) is 0. The molecule has 0 fully saturated rings. The highest BCUT2D eigenvalue weighted by Crippen LogP contribution is 2.33. The third-order valence-electron chi connectivity index (χ3n) is 8.74. The van der Waals surface area contributed by atoms with E-state index in [0.717, 1.165) is 72.1 Å². The van der Waals surface area contributed by atoms with Crippen LogP contribution < -0.4 is 0 Å². The molecule has 9 aromatic rings. The summed E-state index contributed by atoms with van der Waals surface area (Å²) >= 11 is 0. The van der Waals surface area contributed by atoms with E-state index in [1.165, 1.54) is 0 Å². The van der Waals surface area contributed by atoms with Crippen molar-refractivity contribution in [1.29, 1.82) is 0 Å². The molecule has 0 saturated heterocycles. The smallest absolute Gasteiger partial charge is 0.164 e. The third kappa shape index (κ3) is 5.52. The van der Waals surface area contributed by atoms with Gasteiger partial charge in [0, 0.05) is 51.0 Å². The number of benzene rings is 5. The Bertz CT molecular complexity index is 2600. The predicted molar refractivity (Wildman–Crippen MR) is 199 cm³/mol. The first-order valence-corrected chi connectivity index (χ1v) is 16.3. The molecular weight excluding hydrogens is 615 g/mol. The number of hydrogen-bond acceptors (Lipinski definition) is 7. The highest BCUT2D eigenvalue weighted by atomic mass is 15.0. The number of fused-ring (bicyclic) bond motifs is 3. The van der Waals surface area contributed by atoms with Gasteiger partial charge in [0.05, 0.1) is 22.4 Å². The lowest BCUT2D eigenvalue weighted by atomic mass is 9.99. The highest BCUT2D eigenvalue weighted by molar-refractivity contribution is 6.07. The second kappa shape index (κ2) is 12.6. The monoisotopic (exact) mass is 641 g/mol. The van der Waals surface area contributed by atoms with Crippen LogP contribution in [-0.2, 0) is 0 Å². The highest BCUT2D eigenvalue weighted by Gasteiger charge is 2.14. The Morgan fingerprint density at radius 3 is 1.78 bits per heavy atom. The maximum Gasteiger partial charge on any atom is 0.164 e. The summed E-state index contributed by atoms with van der Waals surface area (Å²) in [5, 5.41) is 1.98. The minimum absolute atomic E-state index is 0.581. The Kier molecular flexibility index (Phi) is 7.33. The Hall–Kier alpha value is -6.99. The normalized spacial score (nSPS) is 11.2. The van der Waals surface area contributed by atoms with Crippen LogP contribution in [0.4, 0.5) is 0 Å². The molecular formula is C43H27N7. The summed E-state index contributed by atoms with van der Waals surface area (Å²) in [6.07, 6.45) is 5.14. The molecule has 9 rings (SSSR count). The standard InChI is InChI=1S/C43H27N7/c1-3-10-28(11-4-1)37-26-38(49-42(48-37)30-12-5-2-6-13-30)33-16-7-14-31(24-33)32-15-8-17-34(25-32)41-46-27-47-43(50-41)36-21-23-45-40-35(36)20-19-29-18-9-22-44-39(29)40/h1-27H. The van der Waals surface area contributed by atoms with E-state index in [9.17, 15) is 0 Å². The molecule has 7 nitrogen and oxygen atoms in total. The maximum atomic E-state index is 5.03. The minimum atomic E-state index is 0.581. The van der Waals surface area contributed by atoms with Crippen LogP contribution in [0.1, 0.15) is 0 Å². The van der Waals surface area contributed by atoms with Gasteiger partial charge in [-0.05, 0) is 41.5 Å². The van der Waals surface area contributed by atoms with Crippen molar-refractivity contribution in [3.05, 3.63) is 164 Å². The Morgan fingerprint density at radius 1 is 0.340 bits per heavy atom. The zero-order valence-electron chi connectivity index (χ0n) is 26.7. The molecule has 0 amide bonds. The van der Waals surface area contributed by atoms with E-state index < -0.39 is 0 Å². The maximum absolute atomic E-state index is 5.03. The first-order chi connectivity index (χ1) is 24.8. The van der Waals surface area contributed by atoms with Gasteiger partial charge < -0.3 is 0 Å². The molecule has 0 unspecified atom stereocenters. The van der Waals surface area contributed by atoms with Crippen LogP contribution in [0.2, 0.25) is 0 Å². The van der Waals surface area contributed by atoms with E-state index in [1.54, 1.807) is 18.7 Å². The zero-order valence-corrected chi connectivity index (χ0v) is 26.7. The molecule has 0 N–H and O–H groups in total. The van der Waals surface area contributed by atoms with Gasteiger partial charge in [-0.2, -0.15) is 0 Å². The van der Waals surface area contributed by atoms with Gasteiger partial charge in [0.1, 0.15) is 6.33 Å². The summed E-state index contributed by atoms with van der Waals surface area (Å²) in [5.74, 6) is 1.86. The molecule has 0 aliphatic heterocycles. The lowest BCUT2D eigenvalue weighted by Gasteiger charge is -2.11. The van der Waals surface area contributed by atoms with Gasteiger partial charge in [-0.25, -0.2) is 24.9 Å². The van der Waals surface area contributed by atoms with Crippen LogP contribution in [0, 0.1) is 0 Å². The van der Waals surface area contributed by atoms with Crippen molar-refractivity contribution in [2.24, 2.45) is 0 Å². The lowest BCUT2D eigenvalue weighted by molar-refractivity contribution is 1.07. The van der Waals surface area contributed by atoms with Crippen LogP contribution in [0.25, 0.3) is 89.6 Å². The first kappa shape index (κ1) is 29.2. The minimum Gasteiger partial charge on any atom is -0.254 e. The molecule has 0 bridgehead atoms. The first-order valence-electron chi connectivity index (χ1n) is 16.3. The van der Waals surface area contributed by atoms with E-state index in [0.29, 0.717) is 17.5 Å². The second-order valence-corrected chi connectivity index (χ2v) is 11.9.